The fourth-order valence-electron chi connectivity index (χ4n) is 2.65. The molecule has 1 aliphatic rings. The van der Waals surface area contributed by atoms with E-state index < -0.39 is 0 Å². The normalized spacial score (nSPS) is 19.6. The second kappa shape index (κ2) is 7.22. The summed E-state index contributed by atoms with van der Waals surface area (Å²) >= 11 is 0. The van der Waals surface area contributed by atoms with Crippen molar-refractivity contribution < 1.29 is 9.59 Å². The topological polar surface area (TPSA) is 75.4 Å². The molecule has 2 rings (SSSR count). The smallest absolute Gasteiger partial charge is 0.225 e. The van der Waals surface area contributed by atoms with E-state index in [2.05, 4.69) is 5.32 Å². The Morgan fingerprint density at radius 3 is 2.81 bits per heavy atom. The van der Waals surface area contributed by atoms with Gasteiger partial charge in [-0.2, -0.15) is 0 Å². The summed E-state index contributed by atoms with van der Waals surface area (Å²) in [4.78, 5) is 26.0. The number of hydrogen-bond donors (Lipinski definition) is 2. The van der Waals surface area contributed by atoms with E-state index in [1.165, 1.54) is 0 Å². The summed E-state index contributed by atoms with van der Waals surface area (Å²) in [7, 11) is 0. The third kappa shape index (κ3) is 3.82. The Labute approximate surface area is 125 Å². The molecule has 1 aromatic carbocycles. The van der Waals surface area contributed by atoms with Crippen LogP contribution in [0, 0.1) is 5.92 Å². The van der Waals surface area contributed by atoms with Gasteiger partial charge in [-0.25, -0.2) is 0 Å². The van der Waals surface area contributed by atoms with Gasteiger partial charge in [0, 0.05) is 19.5 Å². The molecule has 1 fully saturated rings. The molecule has 2 amide bonds. The van der Waals surface area contributed by atoms with Gasteiger partial charge in [-0.3, -0.25) is 9.59 Å². The van der Waals surface area contributed by atoms with Crippen LogP contribution in [0.15, 0.2) is 30.3 Å². The number of benzene rings is 1. The van der Waals surface area contributed by atoms with Crippen molar-refractivity contribution in [3.05, 3.63) is 35.9 Å². The van der Waals surface area contributed by atoms with E-state index in [0.29, 0.717) is 26.1 Å². The highest BCUT2D eigenvalue weighted by Crippen LogP contribution is 2.28. The molecule has 3 N–H and O–H groups in total. The van der Waals surface area contributed by atoms with Gasteiger partial charge in [0.05, 0.1) is 12.0 Å². The van der Waals surface area contributed by atoms with E-state index >= 15 is 0 Å². The summed E-state index contributed by atoms with van der Waals surface area (Å²) < 4.78 is 0. The molecule has 1 saturated heterocycles. The minimum absolute atomic E-state index is 0.000502. The highest BCUT2D eigenvalue weighted by molar-refractivity contribution is 5.89. The Kier molecular flexibility index (Phi) is 5.33. The fourth-order valence-corrected chi connectivity index (χ4v) is 2.65. The van der Waals surface area contributed by atoms with Crippen LogP contribution in [-0.4, -0.2) is 36.3 Å². The Morgan fingerprint density at radius 2 is 2.14 bits per heavy atom. The number of hydrogen-bond acceptors (Lipinski definition) is 3. The first-order valence-corrected chi connectivity index (χ1v) is 7.45. The Balaban J connectivity index is 1.95. The lowest BCUT2D eigenvalue weighted by Crippen LogP contribution is -2.34. The molecule has 1 aliphatic heterocycles. The van der Waals surface area contributed by atoms with Gasteiger partial charge in [-0.1, -0.05) is 30.3 Å². The molecule has 0 radical (unpaired) electrons. The van der Waals surface area contributed by atoms with E-state index in [-0.39, 0.29) is 23.8 Å². The monoisotopic (exact) mass is 289 g/mol. The average molecular weight is 289 g/mol. The van der Waals surface area contributed by atoms with Gasteiger partial charge in [0.2, 0.25) is 11.8 Å². The van der Waals surface area contributed by atoms with Crippen LogP contribution in [0.2, 0.25) is 0 Å². The van der Waals surface area contributed by atoms with Gasteiger partial charge in [0.15, 0.2) is 0 Å². The molecule has 2 atom stereocenters. The van der Waals surface area contributed by atoms with Crippen molar-refractivity contribution in [3.8, 4) is 0 Å². The minimum atomic E-state index is -0.249. The number of nitrogens with one attached hydrogen (secondary N) is 1. The lowest BCUT2D eigenvalue weighted by Gasteiger charge is -2.25. The minimum Gasteiger partial charge on any atom is -0.356 e. The summed E-state index contributed by atoms with van der Waals surface area (Å²) in [5, 5.41) is 2.85. The summed E-state index contributed by atoms with van der Waals surface area (Å²) in [5.74, 6) is -0.244. The quantitative estimate of drug-likeness (QED) is 0.769. The first-order chi connectivity index (χ1) is 10.1. The number of amides is 2. The van der Waals surface area contributed by atoms with Crippen molar-refractivity contribution in [2.45, 2.75) is 25.8 Å². The van der Waals surface area contributed by atoms with Crippen LogP contribution < -0.4 is 11.1 Å². The molecule has 0 bridgehead atoms. The third-order valence-electron chi connectivity index (χ3n) is 3.96. The van der Waals surface area contributed by atoms with E-state index in [0.717, 1.165) is 12.0 Å². The molecule has 21 heavy (non-hydrogen) atoms. The number of nitrogens with zero attached hydrogens (tertiary/aromatic N) is 1. The van der Waals surface area contributed by atoms with Crippen LogP contribution in [0.25, 0.3) is 0 Å². The predicted octanol–water partition coefficient (Wildman–Crippen LogP) is 1.06. The lowest BCUT2D eigenvalue weighted by molar-refractivity contribution is -0.130. The number of carbonyl (C=O) groups is 2. The van der Waals surface area contributed by atoms with Crippen LogP contribution in [0.1, 0.15) is 31.4 Å². The molecule has 114 valence electrons. The summed E-state index contributed by atoms with van der Waals surface area (Å²) in [6.45, 7) is 3.63. The van der Waals surface area contributed by atoms with Gasteiger partial charge < -0.3 is 16.0 Å². The number of nitrogens with two attached hydrogens (primary N) is 1. The van der Waals surface area contributed by atoms with Crippen LogP contribution in [0.3, 0.4) is 0 Å². The molecule has 5 nitrogen and oxygen atoms in total. The second-order valence-corrected chi connectivity index (χ2v) is 5.47. The molecule has 0 aromatic heterocycles. The van der Waals surface area contributed by atoms with Crippen LogP contribution >= 0.6 is 0 Å². The third-order valence-corrected chi connectivity index (χ3v) is 3.96. The number of rotatable bonds is 6. The van der Waals surface area contributed by atoms with Crippen LogP contribution in [0.5, 0.6) is 0 Å². The van der Waals surface area contributed by atoms with Crippen LogP contribution in [-0.2, 0) is 9.59 Å². The molecule has 0 aliphatic carbocycles. The summed E-state index contributed by atoms with van der Waals surface area (Å²) in [6, 6.07) is 9.89. The van der Waals surface area contributed by atoms with Gasteiger partial charge in [0.25, 0.3) is 0 Å². The largest absolute Gasteiger partial charge is 0.356 e. The highest BCUT2D eigenvalue weighted by atomic mass is 16.2. The molecule has 2 unspecified atom stereocenters. The maximum absolute atomic E-state index is 12.2. The molecule has 0 spiro atoms. The molecule has 0 saturated carbocycles. The van der Waals surface area contributed by atoms with Crippen molar-refractivity contribution >= 4 is 11.8 Å². The lowest BCUT2D eigenvalue weighted by atomic mass is 10.1. The van der Waals surface area contributed by atoms with Gasteiger partial charge in [0.1, 0.15) is 0 Å². The SMILES string of the molecule is CC(c1ccccc1)N1CC(C(=O)NCCCN)CC1=O. The Bertz CT molecular complexity index is 490. The highest BCUT2D eigenvalue weighted by Gasteiger charge is 2.36. The van der Waals surface area contributed by atoms with Crippen molar-refractivity contribution in [2.75, 3.05) is 19.6 Å². The summed E-state index contributed by atoms with van der Waals surface area (Å²) in [5.41, 5.74) is 6.50. The zero-order chi connectivity index (χ0) is 15.2. The standard InChI is InChI=1S/C16H23N3O2/c1-12(13-6-3-2-4-7-13)19-11-14(10-15(19)20)16(21)18-9-5-8-17/h2-4,6-7,12,14H,5,8-11,17H2,1H3,(H,18,21). The molecular weight excluding hydrogens is 266 g/mol. The van der Waals surface area contributed by atoms with Crippen LogP contribution in [0.4, 0.5) is 0 Å². The number of likely N-dealkylation sites (tertiary alicyclic amines) is 1. The summed E-state index contributed by atoms with van der Waals surface area (Å²) in [6.07, 6.45) is 1.06. The predicted molar refractivity (Wildman–Crippen MR) is 81.4 cm³/mol. The Morgan fingerprint density at radius 1 is 1.43 bits per heavy atom. The second-order valence-electron chi connectivity index (χ2n) is 5.47. The van der Waals surface area contributed by atoms with Crippen molar-refractivity contribution in [1.29, 1.82) is 0 Å². The molecule has 1 aromatic rings. The van der Waals surface area contributed by atoms with E-state index in [9.17, 15) is 9.59 Å². The molecule has 5 heteroatoms. The molecular formula is C16H23N3O2. The first kappa shape index (κ1) is 15.5. The van der Waals surface area contributed by atoms with E-state index in [1.807, 2.05) is 37.3 Å². The van der Waals surface area contributed by atoms with Gasteiger partial charge >= 0.3 is 0 Å². The first-order valence-electron chi connectivity index (χ1n) is 7.45. The average Bonchev–Trinajstić information content (AvgIpc) is 2.89. The maximum Gasteiger partial charge on any atom is 0.225 e. The van der Waals surface area contributed by atoms with Crippen molar-refractivity contribution in [3.63, 3.8) is 0 Å². The molecule has 1 heterocycles. The van der Waals surface area contributed by atoms with E-state index in [1.54, 1.807) is 4.90 Å². The van der Waals surface area contributed by atoms with Crippen molar-refractivity contribution in [1.82, 2.24) is 10.2 Å². The maximum atomic E-state index is 12.2. The zero-order valence-corrected chi connectivity index (χ0v) is 12.4. The van der Waals surface area contributed by atoms with E-state index in [4.69, 9.17) is 5.73 Å². The number of carbonyl (C=O) groups excluding carboxylic acids is 2. The van der Waals surface area contributed by atoms with Crippen molar-refractivity contribution in [2.24, 2.45) is 11.7 Å². The van der Waals surface area contributed by atoms with Gasteiger partial charge in [-0.05, 0) is 25.5 Å². The van der Waals surface area contributed by atoms with Gasteiger partial charge in [-0.15, -0.1) is 0 Å². The zero-order valence-electron chi connectivity index (χ0n) is 12.4. The Hall–Kier alpha value is -1.88. The fraction of sp³-hybridized carbons (Fsp3) is 0.500.